The number of nitrogens with two attached hydrogens (primary N) is 1. The van der Waals surface area contributed by atoms with Crippen LogP contribution in [0.25, 0.3) is 0 Å². The van der Waals surface area contributed by atoms with E-state index in [2.05, 4.69) is 0 Å². The van der Waals surface area contributed by atoms with Gasteiger partial charge in [-0.25, -0.2) is 0 Å². The van der Waals surface area contributed by atoms with E-state index < -0.39 is 11.9 Å². The van der Waals surface area contributed by atoms with E-state index >= 15 is 0 Å². The SMILES string of the molecule is COc1ccc(CC(CN)C(=O)O)c(OC)c1OC. The number of methoxy groups -OCH3 is 3. The summed E-state index contributed by atoms with van der Waals surface area (Å²) in [6.07, 6.45) is 0.273. The smallest absolute Gasteiger partial charge is 0.308 e. The predicted molar refractivity (Wildman–Crippen MR) is 70.0 cm³/mol. The molecule has 1 atom stereocenters. The average Bonchev–Trinajstić information content (AvgIpc) is 2.42. The summed E-state index contributed by atoms with van der Waals surface area (Å²) >= 11 is 0. The standard InChI is InChI=1S/C13H19NO5/c1-17-10-5-4-8(6-9(7-14)13(15)16)11(18-2)12(10)19-3/h4-5,9H,6-7,14H2,1-3H3,(H,15,16). The summed E-state index contributed by atoms with van der Waals surface area (Å²) in [5.74, 6) is -0.140. The van der Waals surface area contributed by atoms with E-state index in [-0.39, 0.29) is 13.0 Å². The van der Waals surface area contributed by atoms with Crippen molar-refractivity contribution in [1.82, 2.24) is 0 Å². The zero-order valence-electron chi connectivity index (χ0n) is 11.3. The van der Waals surface area contributed by atoms with Crippen LogP contribution in [0.1, 0.15) is 5.56 Å². The second-order valence-electron chi connectivity index (χ2n) is 3.97. The van der Waals surface area contributed by atoms with E-state index in [0.29, 0.717) is 17.2 Å². The minimum absolute atomic E-state index is 0.0623. The molecular formula is C13H19NO5. The monoisotopic (exact) mass is 269 g/mol. The molecule has 0 aliphatic rings. The Kier molecular flexibility index (Phi) is 5.44. The van der Waals surface area contributed by atoms with Crippen molar-refractivity contribution in [2.24, 2.45) is 11.7 Å². The first-order valence-electron chi connectivity index (χ1n) is 5.79. The molecule has 19 heavy (non-hydrogen) atoms. The molecule has 0 aromatic heterocycles. The van der Waals surface area contributed by atoms with E-state index in [1.54, 1.807) is 12.1 Å². The van der Waals surface area contributed by atoms with Crippen molar-refractivity contribution in [2.45, 2.75) is 6.42 Å². The van der Waals surface area contributed by atoms with E-state index in [1.807, 2.05) is 0 Å². The van der Waals surface area contributed by atoms with Gasteiger partial charge in [-0.15, -0.1) is 0 Å². The van der Waals surface area contributed by atoms with Gasteiger partial charge in [0.05, 0.1) is 27.2 Å². The normalized spacial score (nSPS) is 11.8. The summed E-state index contributed by atoms with van der Waals surface area (Å²) in [6, 6.07) is 3.47. The van der Waals surface area contributed by atoms with Crippen molar-refractivity contribution in [3.8, 4) is 17.2 Å². The highest BCUT2D eigenvalue weighted by Crippen LogP contribution is 2.40. The molecule has 3 N–H and O–H groups in total. The first kappa shape index (κ1) is 15.1. The van der Waals surface area contributed by atoms with Gasteiger partial charge in [0.25, 0.3) is 0 Å². The third-order valence-corrected chi connectivity index (χ3v) is 2.89. The lowest BCUT2D eigenvalue weighted by Gasteiger charge is -2.17. The van der Waals surface area contributed by atoms with Crippen LogP contribution in [0.15, 0.2) is 12.1 Å². The third-order valence-electron chi connectivity index (χ3n) is 2.89. The van der Waals surface area contributed by atoms with E-state index in [9.17, 15) is 4.79 Å². The summed E-state index contributed by atoms with van der Waals surface area (Å²) in [5.41, 5.74) is 6.18. The van der Waals surface area contributed by atoms with E-state index in [1.165, 1.54) is 21.3 Å². The maximum Gasteiger partial charge on any atom is 0.308 e. The van der Waals surface area contributed by atoms with Gasteiger partial charge in [-0.3, -0.25) is 4.79 Å². The fraction of sp³-hybridized carbons (Fsp3) is 0.462. The molecule has 0 spiro atoms. The molecule has 0 saturated carbocycles. The Hall–Kier alpha value is -1.95. The molecule has 106 valence electrons. The Labute approximate surface area is 112 Å². The van der Waals surface area contributed by atoms with Gasteiger partial charge in [-0.1, -0.05) is 6.07 Å². The Bertz CT molecular complexity index is 447. The lowest BCUT2D eigenvalue weighted by Crippen LogP contribution is -2.25. The van der Waals surface area contributed by atoms with Crippen LogP contribution in [-0.2, 0) is 11.2 Å². The highest BCUT2D eigenvalue weighted by Gasteiger charge is 2.21. The van der Waals surface area contributed by atoms with Crippen LogP contribution < -0.4 is 19.9 Å². The van der Waals surface area contributed by atoms with Gasteiger partial charge in [-0.05, 0) is 18.1 Å². The highest BCUT2D eigenvalue weighted by atomic mass is 16.5. The molecule has 1 aromatic rings. The second-order valence-corrected chi connectivity index (χ2v) is 3.97. The summed E-state index contributed by atoms with van der Waals surface area (Å²) in [7, 11) is 4.53. The minimum Gasteiger partial charge on any atom is -0.493 e. The van der Waals surface area contributed by atoms with E-state index in [4.69, 9.17) is 25.1 Å². The van der Waals surface area contributed by atoms with Crippen molar-refractivity contribution >= 4 is 5.97 Å². The zero-order valence-corrected chi connectivity index (χ0v) is 11.3. The first-order chi connectivity index (χ1) is 9.08. The molecule has 0 aliphatic heterocycles. The highest BCUT2D eigenvalue weighted by molar-refractivity contribution is 5.71. The van der Waals surface area contributed by atoms with Crippen LogP contribution in [0.2, 0.25) is 0 Å². The molecule has 0 aliphatic carbocycles. The molecule has 0 amide bonds. The summed E-state index contributed by atoms with van der Waals surface area (Å²) in [4.78, 5) is 11.0. The molecule has 0 radical (unpaired) electrons. The number of hydrogen-bond acceptors (Lipinski definition) is 5. The molecule has 6 nitrogen and oxygen atoms in total. The summed E-state index contributed by atoms with van der Waals surface area (Å²) in [6.45, 7) is 0.0623. The van der Waals surface area contributed by atoms with Crippen LogP contribution >= 0.6 is 0 Å². The predicted octanol–water partition coefficient (Wildman–Crippen LogP) is 0.914. The molecule has 0 fully saturated rings. The van der Waals surface area contributed by atoms with Gasteiger partial charge in [0.15, 0.2) is 11.5 Å². The Morgan fingerprint density at radius 2 is 1.84 bits per heavy atom. The van der Waals surface area contributed by atoms with Crippen molar-refractivity contribution in [1.29, 1.82) is 0 Å². The van der Waals surface area contributed by atoms with Gasteiger partial charge in [-0.2, -0.15) is 0 Å². The van der Waals surface area contributed by atoms with Gasteiger partial charge in [0, 0.05) is 6.54 Å². The quantitative estimate of drug-likeness (QED) is 0.764. The van der Waals surface area contributed by atoms with Crippen molar-refractivity contribution in [2.75, 3.05) is 27.9 Å². The molecule has 1 aromatic carbocycles. The zero-order chi connectivity index (χ0) is 14.4. The summed E-state index contributed by atoms with van der Waals surface area (Å²) < 4.78 is 15.7. The van der Waals surface area contributed by atoms with Crippen LogP contribution in [0.5, 0.6) is 17.2 Å². The number of aliphatic carboxylic acids is 1. The lowest BCUT2D eigenvalue weighted by atomic mass is 9.98. The fourth-order valence-corrected chi connectivity index (χ4v) is 1.86. The third kappa shape index (κ3) is 3.29. The van der Waals surface area contributed by atoms with Crippen LogP contribution in [0, 0.1) is 5.92 Å². The number of hydrogen-bond donors (Lipinski definition) is 2. The number of carbonyl (C=O) groups is 1. The molecule has 1 rings (SSSR count). The number of carboxylic acid groups (broad SMARTS) is 1. The molecule has 1 unspecified atom stereocenters. The Balaban J connectivity index is 3.17. The topological polar surface area (TPSA) is 91.0 Å². The number of carboxylic acids is 1. The van der Waals surface area contributed by atoms with Crippen molar-refractivity contribution < 1.29 is 24.1 Å². The Morgan fingerprint density at radius 1 is 1.21 bits per heavy atom. The fourth-order valence-electron chi connectivity index (χ4n) is 1.86. The van der Waals surface area contributed by atoms with Crippen LogP contribution in [-0.4, -0.2) is 38.9 Å². The minimum atomic E-state index is -0.931. The number of rotatable bonds is 7. The average molecular weight is 269 g/mol. The van der Waals surface area contributed by atoms with Gasteiger partial charge in [0.1, 0.15) is 0 Å². The van der Waals surface area contributed by atoms with Gasteiger partial charge in [0.2, 0.25) is 5.75 Å². The van der Waals surface area contributed by atoms with Gasteiger partial charge >= 0.3 is 5.97 Å². The first-order valence-corrected chi connectivity index (χ1v) is 5.79. The Morgan fingerprint density at radius 3 is 2.26 bits per heavy atom. The molecular weight excluding hydrogens is 250 g/mol. The molecule has 0 heterocycles. The van der Waals surface area contributed by atoms with Crippen molar-refractivity contribution in [3.05, 3.63) is 17.7 Å². The second kappa shape index (κ2) is 6.84. The summed E-state index contributed by atoms with van der Waals surface area (Å²) in [5, 5.41) is 9.05. The van der Waals surface area contributed by atoms with Gasteiger partial charge < -0.3 is 25.1 Å². The molecule has 6 heteroatoms. The van der Waals surface area contributed by atoms with Crippen LogP contribution in [0.4, 0.5) is 0 Å². The number of benzene rings is 1. The maximum atomic E-state index is 11.0. The van der Waals surface area contributed by atoms with E-state index in [0.717, 1.165) is 5.56 Å². The lowest BCUT2D eigenvalue weighted by molar-refractivity contribution is -0.141. The largest absolute Gasteiger partial charge is 0.493 e. The molecule has 0 bridgehead atoms. The van der Waals surface area contributed by atoms with Crippen LogP contribution in [0.3, 0.4) is 0 Å². The maximum absolute atomic E-state index is 11.0. The number of ether oxygens (including phenoxy) is 3. The molecule has 0 saturated heterocycles. The van der Waals surface area contributed by atoms with Crippen molar-refractivity contribution in [3.63, 3.8) is 0 Å².